The van der Waals surface area contributed by atoms with Crippen LogP contribution in [0.4, 0.5) is 8.78 Å². The number of ether oxygens (including phenoxy) is 2. The van der Waals surface area contributed by atoms with E-state index in [1.807, 2.05) is 12.1 Å². The molecule has 0 spiro atoms. The van der Waals surface area contributed by atoms with Gasteiger partial charge in [-0.15, -0.1) is 0 Å². The van der Waals surface area contributed by atoms with E-state index in [-0.39, 0.29) is 29.3 Å². The van der Waals surface area contributed by atoms with Crippen molar-refractivity contribution in [1.29, 1.82) is 0 Å². The lowest BCUT2D eigenvalue weighted by atomic mass is 10.00. The number of ketones is 1. The van der Waals surface area contributed by atoms with Crippen LogP contribution in [0.5, 0.6) is 11.5 Å². The molecule has 0 bridgehead atoms. The molecule has 1 aliphatic carbocycles. The molecule has 0 amide bonds. The molecule has 0 atom stereocenters. The number of imidazole rings is 1. The Morgan fingerprint density at radius 3 is 2.73 bits per heavy atom. The number of aromatic nitrogens is 2. The summed E-state index contributed by atoms with van der Waals surface area (Å²) < 4.78 is 38.4. The SMILES string of the molecule is CN=CC(=CN)c1ccn2c(-c3cc(OC)c(C(=O)CC4CC4)c(OC(F)F)c3)cnc2c1. The number of carbonyl (C=O) groups is 1. The largest absolute Gasteiger partial charge is 0.496 e. The number of aliphatic imine (C=N–C) groups is 1. The van der Waals surface area contributed by atoms with Gasteiger partial charge in [-0.25, -0.2) is 4.98 Å². The summed E-state index contributed by atoms with van der Waals surface area (Å²) in [5.74, 6) is 0.00875. The van der Waals surface area contributed by atoms with Crippen LogP contribution in [0.2, 0.25) is 0 Å². The van der Waals surface area contributed by atoms with Gasteiger partial charge >= 0.3 is 6.61 Å². The number of hydrogen-bond acceptors (Lipinski definition) is 6. The van der Waals surface area contributed by atoms with Crippen LogP contribution in [0.25, 0.3) is 22.5 Å². The van der Waals surface area contributed by atoms with Gasteiger partial charge in [0.25, 0.3) is 0 Å². The fourth-order valence-corrected chi connectivity index (χ4v) is 3.78. The Morgan fingerprint density at radius 2 is 2.09 bits per heavy atom. The first-order valence-corrected chi connectivity index (χ1v) is 10.5. The molecule has 0 aliphatic heterocycles. The third kappa shape index (κ3) is 4.72. The molecule has 1 aromatic carbocycles. The van der Waals surface area contributed by atoms with Crippen LogP contribution in [0.15, 0.2) is 47.9 Å². The maximum Gasteiger partial charge on any atom is 0.387 e. The van der Waals surface area contributed by atoms with Gasteiger partial charge in [0.05, 0.1) is 19.0 Å². The zero-order valence-corrected chi connectivity index (χ0v) is 18.3. The summed E-state index contributed by atoms with van der Waals surface area (Å²) in [4.78, 5) is 21.3. The molecular formula is C24H24F2N4O3. The number of fused-ring (bicyclic) bond motifs is 1. The van der Waals surface area contributed by atoms with E-state index in [4.69, 9.17) is 15.2 Å². The van der Waals surface area contributed by atoms with Gasteiger partial charge < -0.3 is 15.2 Å². The first kappa shape index (κ1) is 22.4. The van der Waals surface area contributed by atoms with E-state index in [0.717, 1.165) is 24.0 Å². The number of methoxy groups -OCH3 is 1. The fourth-order valence-electron chi connectivity index (χ4n) is 3.78. The number of pyridine rings is 1. The molecule has 0 saturated heterocycles. The molecule has 4 rings (SSSR count). The molecule has 2 heterocycles. The summed E-state index contributed by atoms with van der Waals surface area (Å²) in [7, 11) is 3.05. The summed E-state index contributed by atoms with van der Waals surface area (Å²) in [6.07, 6.45) is 8.73. The average molecular weight is 454 g/mol. The molecule has 0 radical (unpaired) electrons. The molecule has 0 unspecified atom stereocenters. The van der Waals surface area contributed by atoms with Gasteiger partial charge in [0, 0.05) is 43.2 Å². The van der Waals surface area contributed by atoms with Crippen LogP contribution >= 0.6 is 0 Å². The maximum atomic E-state index is 13.2. The van der Waals surface area contributed by atoms with Gasteiger partial charge in [0.2, 0.25) is 0 Å². The molecular weight excluding hydrogens is 430 g/mol. The second kappa shape index (κ2) is 9.40. The van der Waals surface area contributed by atoms with Crippen LogP contribution in [0.1, 0.15) is 35.2 Å². The lowest BCUT2D eigenvalue weighted by Crippen LogP contribution is -2.11. The van der Waals surface area contributed by atoms with Crippen molar-refractivity contribution >= 4 is 23.2 Å². The molecule has 9 heteroatoms. The van der Waals surface area contributed by atoms with Crippen molar-refractivity contribution in [3.63, 3.8) is 0 Å². The van der Waals surface area contributed by atoms with Crippen LogP contribution in [0.3, 0.4) is 0 Å². The first-order chi connectivity index (χ1) is 15.9. The fraction of sp³-hybridized carbons (Fsp3) is 0.292. The van der Waals surface area contributed by atoms with Crippen molar-refractivity contribution in [3.05, 3.63) is 54.0 Å². The minimum absolute atomic E-state index is 0.0427. The Labute approximate surface area is 189 Å². The van der Waals surface area contributed by atoms with Gasteiger partial charge in [-0.1, -0.05) is 0 Å². The molecule has 3 aromatic rings. The molecule has 1 aliphatic rings. The third-order valence-electron chi connectivity index (χ3n) is 5.54. The number of benzene rings is 1. The normalized spacial score (nSPS) is 14.4. The first-order valence-electron chi connectivity index (χ1n) is 10.5. The summed E-state index contributed by atoms with van der Waals surface area (Å²) in [6.45, 7) is -3.08. The molecule has 1 fully saturated rings. The second-order valence-corrected chi connectivity index (χ2v) is 7.80. The van der Waals surface area contributed by atoms with E-state index in [1.54, 1.807) is 36.1 Å². The van der Waals surface area contributed by atoms with Gasteiger partial charge in [-0.2, -0.15) is 8.78 Å². The highest BCUT2D eigenvalue weighted by molar-refractivity contribution is 6.09. The average Bonchev–Trinajstić information content (AvgIpc) is 3.51. The zero-order chi connectivity index (χ0) is 23.5. The van der Waals surface area contributed by atoms with Crippen LogP contribution in [-0.4, -0.2) is 42.2 Å². The molecule has 33 heavy (non-hydrogen) atoms. The number of allylic oxidation sites excluding steroid dienone is 1. The lowest BCUT2D eigenvalue weighted by molar-refractivity contribution is -0.0502. The monoisotopic (exact) mass is 454 g/mol. The summed E-state index contributed by atoms with van der Waals surface area (Å²) in [5.41, 5.74) is 9.07. The standard InChI is InChI=1S/C24H24F2N4O3/c1-28-12-17(11-27)15-5-6-30-18(13-29-22(30)10-15)16-8-20(32-2)23(19(31)7-14-3-4-14)21(9-16)33-24(25)26/h5-6,8-14,24H,3-4,7,27H2,1-2H3. The van der Waals surface area contributed by atoms with E-state index in [9.17, 15) is 13.6 Å². The van der Waals surface area contributed by atoms with Gasteiger partial charge in [0.15, 0.2) is 5.78 Å². The molecule has 2 N–H and O–H groups in total. The van der Waals surface area contributed by atoms with Crippen molar-refractivity contribution in [2.24, 2.45) is 16.6 Å². The smallest absolute Gasteiger partial charge is 0.387 e. The number of alkyl halides is 2. The lowest BCUT2D eigenvalue weighted by Gasteiger charge is -2.16. The number of rotatable bonds is 9. The number of hydrogen-bond donors (Lipinski definition) is 1. The number of nitrogens with two attached hydrogens (primary N) is 1. The molecule has 7 nitrogen and oxygen atoms in total. The van der Waals surface area contributed by atoms with Crippen LogP contribution in [0, 0.1) is 5.92 Å². The third-order valence-corrected chi connectivity index (χ3v) is 5.54. The van der Waals surface area contributed by atoms with Crippen LogP contribution < -0.4 is 15.2 Å². The molecule has 1 saturated carbocycles. The minimum Gasteiger partial charge on any atom is -0.496 e. The van der Waals surface area contributed by atoms with Gasteiger partial charge in [-0.05, 0) is 48.6 Å². The number of halogens is 2. The highest BCUT2D eigenvalue weighted by Crippen LogP contribution is 2.40. The van der Waals surface area contributed by atoms with E-state index >= 15 is 0 Å². The van der Waals surface area contributed by atoms with Crippen LogP contribution in [-0.2, 0) is 0 Å². The Bertz CT molecular complexity index is 1250. The Kier molecular flexibility index (Phi) is 6.39. The summed E-state index contributed by atoms with van der Waals surface area (Å²) in [5, 5.41) is 0. The van der Waals surface area contributed by atoms with Crippen molar-refractivity contribution < 1.29 is 23.0 Å². The van der Waals surface area contributed by atoms with E-state index in [2.05, 4.69) is 9.98 Å². The Morgan fingerprint density at radius 1 is 1.33 bits per heavy atom. The van der Waals surface area contributed by atoms with Gasteiger partial charge in [0.1, 0.15) is 22.7 Å². The zero-order valence-electron chi connectivity index (χ0n) is 18.3. The second-order valence-electron chi connectivity index (χ2n) is 7.80. The minimum atomic E-state index is -3.08. The number of Topliss-reactive ketones (excluding diaryl/α,β-unsaturated/α-hetero) is 1. The van der Waals surface area contributed by atoms with E-state index < -0.39 is 6.61 Å². The predicted octanol–water partition coefficient (Wildman–Crippen LogP) is 4.59. The van der Waals surface area contributed by atoms with Crippen molar-refractivity contribution in [2.75, 3.05) is 14.2 Å². The van der Waals surface area contributed by atoms with E-state index in [0.29, 0.717) is 22.8 Å². The van der Waals surface area contributed by atoms with Crippen molar-refractivity contribution in [3.8, 4) is 22.8 Å². The number of carbonyl (C=O) groups excluding carboxylic acids is 1. The topological polar surface area (TPSA) is 91.2 Å². The van der Waals surface area contributed by atoms with Crippen molar-refractivity contribution in [1.82, 2.24) is 9.38 Å². The maximum absolute atomic E-state index is 13.2. The van der Waals surface area contributed by atoms with Crippen molar-refractivity contribution in [2.45, 2.75) is 25.9 Å². The number of nitrogens with zero attached hydrogens (tertiary/aromatic N) is 3. The van der Waals surface area contributed by atoms with E-state index in [1.165, 1.54) is 19.4 Å². The Balaban J connectivity index is 1.80. The Hall–Kier alpha value is -3.75. The summed E-state index contributed by atoms with van der Waals surface area (Å²) >= 11 is 0. The summed E-state index contributed by atoms with van der Waals surface area (Å²) in [6, 6.07) is 6.76. The quantitative estimate of drug-likeness (QED) is 0.377. The molecule has 2 aromatic heterocycles. The van der Waals surface area contributed by atoms with Gasteiger partial charge in [-0.3, -0.25) is 14.2 Å². The highest BCUT2D eigenvalue weighted by atomic mass is 19.3. The highest BCUT2D eigenvalue weighted by Gasteiger charge is 2.29. The molecule has 172 valence electrons. The predicted molar refractivity (Wildman–Crippen MR) is 122 cm³/mol.